The molecule has 31 heavy (non-hydrogen) atoms. The maximum Gasteiger partial charge on any atom is 0.390 e. The molecule has 1 aliphatic rings. The third kappa shape index (κ3) is 5.62. The molecule has 0 unspecified atom stereocenters. The zero-order valence-corrected chi connectivity index (χ0v) is 17.8. The molecule has 1 aromatic carbocycles. The van der Waals surface area contributed by atoms with Crippen LogP contribution in [0.15, 0.2) is 24.4 Å². The monoisotopic (exact) mass is 449 g/mol. The van der Waals surface area contributed by atoms with Gasteiger partial charge in [-0.05, 0) is 38.9 Å². The lowest BCUT2D eigenvalue weighted by Crippen LogP contribution is -2.38. The third-order valence-corrected chi connectivity index (χ3v) is 6.38. The number of hydrogen-bond donors (Lipinski definition) is 0. The van der Waals surface area contributed by atoms with Gasteiger partial charge in [-0.2, -0.15) is 13.2 Å². The van der Waals surface area contributed by atoms with Crippen molar-refractivity contribution >= 4 is 28.0 Å². The molecule has 3 heterocycles. The fraction of sp³-hybridized carbons (Fsp3) is 0.476. The number of likely N-dealkylation sites (tertiary alicyclic amines) is 1. The van der Waals surface area contributed by atoms with Crippen molar-refractivity contribution in [1.29, 1.82) is 0 Å². The van der Waals surface area contributed by atoms with Crippen LogP contribution in [0.25, 0.3) is 21.5 Å². The topological polar surface area (TPSA) is 71.9 Å². The van der Waals surface area contributed by atoms with Crippen LogP contribution in [0.5, 0.6) is 0 Å². The van der Waals surface area contributed by atoms with E-state index in [-0.39, 0.29) is 24.7 Å². The van der Waals surface area contributed by atoms with E-state index < -0.39 is 12.6 Å². The Morgan fingerprint density at radius 2 is 2.00 bits per heavy atom. The standard InChI is InChI=1S/C21H22F3N5OS/c1-13-27-28-20(31-13)15-2-3-16-12-25-19(26-17(16)10-15)11-18(30)14-4-7-29(8-5-14)9-6-21(22,23)24/h2-3,10,12,14H,4-9,11H2,1H3. The van der Waals surface area contributed by atoms with Crippen LogP contribution in [0.1, 0.15) is 30.1 Å². The Kier molecular flexibility index (Phi) is 6.29. The molecule has 3 aromatic rings. The number of halogens is 3. The van der Waals surface area contributed by atoms with Gasteiger partial charge in [-0.3, -0.25) is 4.79 Å². The second-order valence-corrected chi connectivity index (χ2v) is 8.99. The van der Waals surface area contributed by atoms with Crippen molar-refractivity contribution in [2.75, 3.05) is 19.6 Å². The fourth-order valence-electron chi connectivity index (χ4n) is 3.76. The van der Waals surface area contributed by atoms with Crippen LogP contribution in [0.2, 0.25) is 0 Å². The maximum atomic E-state index is 12.7. The first kappa shape index (κ1) is 21.8. The molecule has 0 atom stereocenters. The van der Waals surface area contributed by atoms with Gasteiger partial charge in [0.15, 0.2) is 0 Å². The largest absolute Gasteiger partial charge is 0.390 e. The number of carbonyl (C=O) groups is 1. The summed E-state index contributed by atoms with van der Waals surface area (Å²) in [6.45, 7) is 2.91. The Bertz CT molecular complexity index is 1080. The molecule has 1 fully saturated rings. The molecule has 0 N–H and O–H groups in total. The number of carbonyl (C=O) groups excluding carboxylic acids is 1. The first-order valence-electron chi connectivity index (χ1n) is 10.1. The Labute approximate surface area is 181 Å². The van der Waals surface area contributed by atoms with Crippen LogP contribution >= 0.6 is 11.3 Å². The van der Waals surface area contributed by atoms with Crippen LogP contribution < -0.4 is 0 Å². The molecular weight excluding hydrogens is 427 g/mol. The number of nitrogens with zero attached hydrogens (tertiary/aromatic N) is 5. The van der Waals surface area contributed by atoms with E-state index >= 15 is 0 Å². The molecule has 2 aromatic heterocycles. The van der Waals surface area contributed by atoms with Gasteiger partial charge >= 0.3 is 6.18 Å². The number of Topliss-reactive ketones (excluding diaryl/α,β-unsaturated/α-hetero) is 1. The van der Waals surface area contributed by atoms with E-state index in [1.807, 2.05) is 25.1 Å². The first-order chi connectivity index (χ1) is 14.8. The van der Waals surface area contributed by atoms with E-state index in [2.05, 4.69) is 20.2 Å². The van der Waals surface area contributed by atoms with E-state index in [0.717, 1.165) is 26.5 Å². The summed E-state index contributed by atoms with van der Waals surface area (Å²) in [5, 5.41) is 10.8. The van der Waals surface area contributed by atoms with Crippen molar-refractivity contribution in [2.24, 2.45) is 5.92 Å². The number of aromatic nitrogens is 4. The predicted octanol–water partition coefficient (Wildman–Crippen LogP) is 4.23. The van der Waals surface area contributed by atoms with Gasteiger partial charge in [0.25, 0.3) is 0 Å². The second-order valence-electron chi connectivity index (χ2n) is 7.81. The molecule has 4 rings (SSSR count). The lowest BCUT2D eigenvalue weighted by molar-refractivity contribution is -0.139. The lowest BCUT2D eigenvalue weighted by atomic mass is 9.90. The quantitative estimate of drug-likeness (QED) is 0.561. The highest BCUT2D eigenvalue weighted by atomic mass is 32.1. The third-order valence-electron chi connectivity index (χ3n) is 5.49. The van der Waals surface area contributed by atoms with E-state index in [0.29, 0.717) is 31.8 Å². The van der Waals surface area contributed by atoms with Gasteiger partial charge in [-0.25, -0.2) is 9.97 Å². The average molecular weight is 450 g/mol. The van der Waals surface area contributed by atoms with Crippen LogP contribution in [-0.4, -0.2) is 56.7 Å². The van der Waals surface area contributed by atoms with Crippen molar-refractivity contribution in [3.63, 3.8) is 0 Å². The van der Waals surface area contributed by atoms with Crippen LogP contribution in [0.3, 0.4) is 0 Å². The molecule has 1 aliphatic heterocycles. The molecule has 0 saturated carbocycles. The number of hydrogen-bond acceptors (Lipinski definition) is 7. The van der Waals surface area contributed by atoms with E-state index in [1.54, 1.807) is 11.1 Å². The Morgan fingerprint density at radius 3 is 2.68 bits per heavy atom. The Morgan fingerprint density at radius 1 is 1.23 bits per heavy atom. The SMILES string of the molecule is Cc1nnc(-c2ccc3cnc(CC(=O)C4CCN(CCC(F)(F)F)CC4)nc3c2)s1. The van der Waals surface area contributed by atoms with Crippen molar-refractivity contribution < 1.29 is 18.0 Å². The highest BCUT2D eigenvalue weighted by Crippen LogP contribution is 2.27. The molecule has 1 saturated heterocycles. The molecule has 10 heteroatoms. The smallest absolute Gasteiger partial charge is 0.303 e. The molecule has 0 bridgehead atoms. The van der Waals surface area contributed by atoms with Gasteiger partial charge in [0.1, 0.15) is 21.6 Å². The Hall–Kier alpha value is -2.46. The summed E-state index contributed by atoms with van der Waals surface area (Å²) in [4.78, 5) is 23.4. The molecule has 6 nitrogen and oxygen atoms in total. The highest BCUT2D eigenvalue weighted by molar-refractivity contribution is 7.14. The Balaban J connectivity index is 1.38. The number of piperidine rings is 1. The molecule has 0 aliphatic carbocycles. The fourth-order valence-corrected chi connectivity index (χ4v) is 4.44. The van der Waals surface area contributed by atoms with Crippen LogP contribution in [0, 0.1) is 12.8 Å². The van der Waals surface area contributed by atoms with Gasteiger partial charge in [0, 0.05) is 29.6 Å². The minimum Gasteiger partial charge on any atom is -0.303 e. The van der Waals surface area contributed by atoms with Gasteiger partial charge in [-0.15, -0.1) is 10.2 Å². The summed E-state index contributed by atoms with van der Waals surface area (Å²) in [5.74, 6) is 0.352. The van der Waals surface area contributed by atoms with Crippen LogP contribution in [-0.2, 0) is 11.2 Å². The molecule has 0 spiro atoms. The summed E-state index contributed by atoms with van der Waals surface area (Å²) >= 11 is 1.50. The predicted molar refractivity (Wildman–Crippen MR) is 112 cm³/mol. The maximum absolute atomic E-state index is 12.7. The molecule has 0 radical (unpaired) electrons. The van der Waals surface area contributed by atoms with Gasteiger partial charge in [0.2, 0.25) is 0 Å². The van der Waals surface area contributed by atoms with E-state index in [1.165, 1.54) is 11.3 Å². The second kappa shape index (κ2) is 8.96. The number of benzene rings is 1. The van der Waals surface area contributed by atoms with Gasteiger partial charge in [-0.1, -0.05) is 23.5 Å². The van der Waals surface area contributed by atoms with Crippen LogP contribution in [0.4, 0.5) is 13.2 Å². The van der Waals surface area contributed by atoms with Crippen molar-refractivity contribution in [1.82, 2.24) is 25.1 Å². The molecular formula is C21H22F3N5OS. The number of ketones is 1. The highest BCUT2D eigenvalue weighted by Gasteiger charge is 2.30. The van der Waals surface area contributed by atoms with Gasteiger partial charge < -0.3 is 4.90 Å². The van der Waals surface area contributed by atoms with Crippen molar-refractivity contribution in [2.45, 2.75) is 38.8 Å². The van der Waals surface area contributed by atoms with E-state index in [9.17, 15) is 18.0 Å². The van der Waals surface area contributed by atoms with Gasteiger partial charge in [0.05, 0.1) is 18.4 Å². The van der Waals surface area contributed by atoms with E-state index in [4.69, 9.17) is 0 Å². The van der Waals surface area contributed by atoms with Crippen molar-refractivity contribution in [3.05, 3.63) is 35.2 Å². The number of fused-ring (bicyclic) bond motifs is 1. The molecule has 0 amide bonds. The van der Waals surface area contributed by atoms with Crippen molar-refractivity contribution in [3.8, 4) is 10.6 Å². The summed E-state index contributed by atoms with van der Waals surface area (Å²) < 4.78 is 37.2. The summed E-state index contributed by atoms with van der Waals surface area (Å²) in [6, 6.07) is 5.79. The lowest BCUT2D eigenvalue weighted by Gasteiger charge is -2.31. The first-order valence-corrected chi connectivity index (χ1v) is 11.0. The molecule has 164 valence electrons. The minimum atomic E-state index is -4.14. The zero-order chi connectivity index (χ0) is 22.0. The number of aryl methyl sites for hydroxylation is 1. The summed E-state index contributed by atoms with van der Waals surface area (Å²) in [6.07, 6.45) is -1.97. The summed E-state index contributed by atoms with van der Waals surface area (Å²) in [7, 11) is 0. The number of rotatable bonds is 6. The normalized spacial score (nSPS) is 16.1. The minimum absolute atomic E-state index is 0.00529. The number of alkyl halides is 3. The summed E-state index contributed by atoms with van der Waals surface area (Å²) in [5.41, 5.74) is 1.66. The zero-order valence-electron chi connectivity index (χ0n) is 17.0. The average Bonchev–Trinajstić information content (AvgIpc) is 3.18.